The summed E-state index contributed by atoms with van der Waals surface area (Å²) in [7, 11) is -4.05. The Bertz CT molecular complexity index is 307. The molecule has 128 valence electrons. The van der Waals surface area contributed by atoms with Crippen molar-refractivity contribution in [2.24, 2.45) is 0 Å². The van der Waals surface area contributed by atoms with Gasteiger partial charge in [-0.25, -0.2) is 8.42 Å². The minimum Gasteiger partial charge on any atom is -0.748 e. The van der Waals surface area contributed by atoms with Crippen molar-refractivity contribution in [3.63, 3.8) is 0 Å². The first kappa shape index (κ1) is 25.7. The average molecular weight is 361 g/mol. The van der Waals surface area contributed by atoms with E-state index in [2.05, 4.69) is 6.92 Å². The standard InChI is InChI=1S/C16H34O4S.K/c1-2-3-4-5-6-7-8-9-10-11-14-20-15-12-13-16-21(17,18)19;/h2-16H2,1H3,(H,17,18,19);/q;+1/p-1. The molecule has 4 nitrogen and oxygen atoms in total. The Morgan fingerprint density at radius 2 is 1.14 bits per heavy atom. The number of unbranched alkanes of at least 4 members (excludes halogenated alkanes) is 10. The monoisotopic (exact) mass is 360 g/mol. The number of hydrogen-bond donors (Lipinski definition) is 0. The van der Waals surface area contributed by atoms with Gasteiger partial charge in [-0.3, -0.25) is 0 Å². The fourth-order valence-electron chi connectivity index (χ4n) is 2.28. The van der Waals surface area contributed by atoms with Gasteiger partial charge in [0.2, 0.25) is 0 Å². The van der Waals surface area contributed by atoms with Gasteiger partial charge in [-0.05, 0) is 19.3 Å². The fraction of sp³-hybridized carbons (Fsp3) is 1.00. The molecule has 0 aromatic rings. The van der Waals surface area contributed by atoms with E-state index in [1.807, 2.05) is 0 Å². The molecule has 0 saturated carbocycles. The summed E-state index contributed by atoms with van der Waals surface area (Å²) in [5, 5.41) is 0. The SMILES string of the molecule is CCCCCCCCCCCCOCCCCS(=O)(=O)[O-].[K+]. The van der Waals surface area contributed by atoms with Gasteiger partial charge in [0.05, 0.1) is 10.1 Å². The molecule has 0 fully saturated rings. The van der Waals surface area contributed by atoms with Crippen LogP contribution in [0.4, 0.5) is 0 Å². The van der Waals surface area contributed by atoms with Crippen LogP contribution in [0.25, 0.3) is 0 Å². The van der Waals surface area contributed by atoms with E-state index in [0.29, 0.717) is 19.4 Å². The van der Waals surface area contributed by atoms with Crippen molar-refractivity contribution in [1.29, 1.82) is 0 Å². The summed E-state index contributed by atoms with van der Waals surface area (Å²) in [5.74, 6) is -0.269. The van der Waals surface area contributed by atoms with Crippen LogP contribution in [0.3, 0.4) is 0 Å². The van der Waals surface area contributed by atoms with Crippen LogP contribution in [0.15, 0.2) is 0 Å². The molecule has 0 rings (SSSR count). The predicted molar refractivity (Wildman–Crippen MR) is 86.5 cm³/mol. The molecule has 0 aromatic carbocycles. The van der Waals surface area contributed by atoms with Gasteiger partial charge in [0.1, 0.15) is 0 Å². The summed E-state index contributed by atoms with van der Waals surface area (Å²) < 4.78 is 36.5. The zero-order chi connectivity index (χ0) is 15.8. The maximum atomic E-state index is 10.4. The Balaban J connectivity index is 0. The van der Waals surface area contributed by atoms with Crippen LogP contribution in [-0.4, -0.2) is 31.9 Å². The summed E-state index contributed by atoms with van der Waals surface area (Å²) in [6.07, 6.45) is 14.1. The molecule has 0 aromatic heterocycles. The van der Waals surface area contributed by atoms with E-state index in [-0.39, 0.29) is 57.1 Å². The maximum Gasteiger partial charge on any atom is 1.00 e. The van der Waals surface area contributed by atoms with Crippen LogP contribution in [0.1, 0.15) is 84.0 Å². The second kappa shape index (κ2) is 18.8. The van der Waals surface area contributed by atoms with Crippen molar-refractivity contribution in [2.45, 2.75) is 84.0 Å². The molecule has 0 bridgehead atoms. The van der Waals surface area contributed by atoms with E-state index in [9.17, 15) is 13.0 Å². The zero-order valence-corrected chi connectivity index (χ0v) is 18.6. The van der Waals surface area contributed by atoms with Gasteiger partial charge >= 0.3 is 51.4 Å². The molecule has 0 heterocycles. The molecule has 0 atom stereocenters. The van der Waals surface area contributed by atoms with Gasteiger partial charge < -0.3 is 9.29 Å². The Kier molecular flexibility index (Phi) is 22.0. The molecular formula is C16H33KO4S. The smallest absolute Gasteiger partial charge is 0.748 e. The number of rotatable bonds is 16. The molecule has 0 saturated heterocycles. The quantitative estimate of drug-likeness (QED) is 0.236. The molecule has 0 amide bonds. The predicted octanol–water partition coefficient (Wildman–Crippen LogP) is 1.25. The molecule has 0 spiro atoms. The summed E-state index contributed by atoms with van der Waals surface area (Å²) in [5.41, 5.74) is 0. The molecule has 0 N–H and O–H groups in total. The van der Waals surface area contributed by atoms with Crippen LogP contribution in [0, 0.1) is 0 Å². The third-order valence-corrected chi connectivity index (χ3v) is 4.36. The molecule has 0 aliphatic heterocycles. The summed E-state index contributed by atoms with van der Waals surface area (Å²) >= 11 is 0. The Hall–Kier alpha value is 1.51. The van der Waals surface area contributed by atoms with E-state index in [1.54, 1.807) is 0 Å². The number of hydrogen-bond acceptors (Lipinski definition) is 4. The first-order chi connectivity index (χ1) is 10.1. The van der Waals surface area contributed by atoms with E-state index in [1.165, 1.54) is 57.8 Å². The Labute approximate surface area is 180 Å². The molecular weight excluding hydrogens is 327 g/mol. The third-order valence-electron chi connectivity index (χ3n) is 3.58. The molecule has 6 heteroatoms. The van der Waals surface area contributed by atoms with Gasteiger partial charge in [-0.15, -0.1) is 0 Å². The van der Waals surface area contributed by atoms with Gasteiger partial charge in [0, 0.05) is 19.0 Å². The van der Waals surface area contributed by atoms with E-state index < -0.39 is 10.1 Å². The topological polar surface area (TPSA) is 66.4 Å². The summed E-state index contributed by atoms with van der Waals surface area (Å²) in [4.78, 5) is 0. The molecule has 0 aliphatic rings. The third kappa shape index (κ3) is 23.8. The van der Waals surface area contributed by atoms with Crippen LogP contribution in [0.2, 0.25) is 0 Å². The van der Waals surface area contributed by atoms with Crippen LogP contribution < -0.4 is 51.4 Å². The average Bonchev–Trinajstić information content (AvgIpc) is 2.42. The van der Waals surface area contributed by atoms with E-state index >= 15 is 0 Å². The van der Waals surface area contributed by atoms with Gasteiger partial charge in [-0.1, -0.05) is 64.7 Å². The Morgan fingerprint density at radius 3 is 1.59 bits per heavy atom. The maximum absolute atomic E-state index is 10.4. The molecule has 0 aliphatic carbocycles. The van der Waals surface area contributed by atoms with Crippen LogP contribution >= 0.6 is 0 Å². The van der Waals surface area contributed by atoms with Gasteiger partial charge in [0.25, 0.3) is 0 Å². The van der Waals surface area contributed by atoms with Crippen molar-refractivity contribution in [2.75, 3.05) is 19.0 Å². The summed E-state index contributed by atoms with van der Waals surface area (Å²) in [6.45, 7) is 3.56. The normalized spacial score (nSPS) is 11.4. The largest absolute Gasteiger partial charge is 1.00 e. The molecule has 22 heavy (non-hydrogen) atoms. The van der Waals surface area contributed by atoms with Crippen molar-refractivity contribution in [3.8, 4) is 0 Å². The van der Waals surface area contributed by atoms with Crippen LogP contribution in [0.5, 0.6) is 0 Å². The van der Waals surface area contributed by atoms with E-state index in [0.717, 1.165) is 13.0 Å². The first-order valence-electron chi connectivity index (χ1n) is 8.57. The van der Waals surface area contributed by atoms with Gasteiger partial charge in [0.15, 0.2) is 0 Å². The first-order valence-corrected chi connectivity index (χ1v) is 10.2. The van der Waals surface area contributed by atoms with Crippen molar-refractivity contribution in [1.82, 2.24) is 0 Å². The fourth-order valence-corrected chi connectivity index (χ4v) is 2.83. The summed E-state index contributed by atoms with van der Waals surface area (Å²) in [6, 6.07) is 0. The number of ether oxygens (including phenoxy) is 1. The molecule has 0 unspecified atom stereocenters. The zero-order valence-electron chi connectivity index (χ0n) is 14.6. The van der Waals surface area contributed by atoms with E-state index in [4.69, 9.17) is 4.74 Å². The second-order valence-electron chi connectivity index (χ2n) is 5.76. The minimum atomic E-state index is -4.05. The van der Waals surface area contributed by atoms with Crippen LogP contribution in [-0.2, 0) is 14.9 Å². The van der Waals surface area contributed by atoms with Crippen molar-refractivity contribution in [3.05, 3.63) is 0 Å². The minimum absolute atomic E-state index is 0. The van der Waals surface area contributed by atoms with Crippen molar-refractivity contribution >= 4 is 10.1 Å². The van der Waals surface area contributed by atoms with Crippen molar-refractivity contribution < 1.29 is 69.1 Å². The Morgan fingerprint density at radius 1 is 0.727 bits per heavy atom. The molecule has 0 radical (unpaired) electrons. The second-order valence-corrected chi connectivity index (χ2v) is 7.29. The van der Waals surface area contributed by atoms with Gasteiger partial charge in [-0.2, -0.15) is 0 Å².